The molecule has 0 aliphatic heterocycles. The van der Waals surface area contributed by atoms with Crippen molar-refractivity contribution in [2.24, 2.45) is 0 Å². The standard InChI is InChI=1S/C18H28N2/c1-9-11(3)19-17-13(5)15(7)18(16(8)14(17)6)20-12(4)10-2/h9-10,19-20H,1-8H3/b11-9+,12-10+. The van der Waals surface area contributed by atoms with E-state index in [4.69, 9.17) is 0 Å². The molecule has 0 aliphatic carbocycles. The number of allylic oxidation sites excluding steroid dienone is 4. The van der Waals surface area contributed by atoms with Crippen molar-refractivity contribution in [2.75, 3.05) is 10.6 Å². The first kappa shape index (κ1) is 16.4. The Bertz CT molecular complexity index is 483. The lowest BCUT2D eigenvalue weighted by molar-refractivity contribution is 1.19. The van der Waals surface area contributed by atoms with Gasteiger partial charge in [0.05, 0.1) is 0 Å². The molecule has 0 saturated heterocycles. The van der Waals surface area contributed by atoms with E-state index in [1.807, 2.05) is 0 Å². The Kier molecular flexibility index (Phi) is 5.43. The molecule has 0 fully saturated rings. The second-order valence-electron chi connectivity index (χ2n) is 5.44. The van der Waals surface area contributed by atoms with E-state index in [-0.39, 0.29) is 0 Å². The third-order valence-corrected chi connectivity index (χ3v) is 4.14. The van der Waals surface area contributed by atoms with Crippen LogP contribution in [0.5, 0.6) is 0 Å². The smallest absolute Gasteiger partial charge is 0.0447 e. The third-order valence-electron chi connectivity index (χ3n) is 4.14. The Morgan fingerprint density at radius 1 is 0.650 bits per heavy atom. The van der Waals surface area contributed by atoms with Crippen molar-refractivity contribution in [3.8, 4) is 0 Å². The van der Waals surface area contributed by atoms with Crippen LogP contribution in [0, 0.1) is 27.7 Å². The molecule has 0 unspecified atom stereocenters. The molecule has 0 aliphatic rings. The van der Waals surface area contributed by atoms with E-state index < -0.39 is 0 Å². The van der Waals surface area contributed by atoms with Gasteiger partial charge < -0.3 is 10.6 Å². The molecular weight excluding hydrogens is 244 g/mol. The molecule has 110 valence electrons. The third kappa shape index (κ3) is 3.24. The molecule has 20 heavy (non-hydrogen) atoms. The zero-order chi connectivity index (χ0) is 15.4. The second kappa shape index (κ2) is 6.65. The Morgan fingerprint density at radius 3 is 1.10 bits per heavy atom. The maximum Gasteiger partial charge on any atom is 0.0447 e. The van der Waals surface area contributed by atoms with Crippen LogP contribution in [0.3, 0.4) is 0 Å². The molecule has 2 heteroatoms. The molecular formula is C18H28N2. The number of rotatable bonds is 4. The Labute approximate surface area is 124 Å². The first-order valence-electron chi connectivity index (χ1n) is 7.23. The quantitative estimate of drug-likeness (QED) is 0.746. The minimum absolute atomic E-state index is 1.18. The van der Waals surface area contributed by atoms with Gasteiger partial charge in [0, 0.05) is 22.8 Å². The van der Waals surface area contributed by atoms with Crippen LogP contribution in [0.25, 0.3) is 0 Å². The van der Waals surface area contributed by atoms with Gasteiger partial charge >= 0.3 is 0 Å². The van der Waals surface area contributed by atoms with Gasteiger partial charge in [-0.25, -0.2) is 0 Å². The average Bonchev–Trinajstić information content (AvgIpc) is 2.45. The lowest BCUT2D eigenvalue weighted by Crippen LogP contribution is -2.08. The molecule has 1 rings (SSSR count). The van der Waals surface area contributed by atoms with E-state index in [9.17, 15) is 0 Å². The van der Waals surface area contributed by atoms with Crippen LogP contribution in [-0.2, 0) is 0 Å². The van der Waals surface area contributed by atoms with E-state index in [0.717, 1.165) is 0 Å². The van der Waals surface area contributed by atoms with Gasteiger partial charge in [-0.15, -0.1) is 0 Å². The molecule has 0 atom stereocenters. The van der Waals surface area contributed by atoms with Crippen LogP contribution in [-0.4, -0.2) is 0 Å². The highest BCUT2D eigenvalue weighted by Gasteiger charge is 2.14. The van der Waals surface area contributed by atoms with Gasteiger partial charge in [-0.3, -0.25) is 0 Å². The summed E-state index contributed by atoms with van der Waals surface area (Å²) in [5, 5.41) is 7.05. The van der Waals surface area contributed by atoms with Crippen LogP contribution in [0.4, 0.5) is 11.4 Å². The predicted octanol–water partition coefficient (Wildman–Crippen LogP) is 5.59. The van der Waals surface area contributed by atoms with Crippen LogP contribution in [0.2, 0.25) is 0 Å². The van der Waals surface area contributed by atoms with Crippen molar-refractivity contribution >= 4 is 11.4 Å². The van der Waals surface area contributed by atoms with Gasteiger partial charge in [0.15, 0.2) is 0 Å². The summed E-state index contributed by atoms with van der Waals surface area (Å²) in [6.07, 6.45) is 4.19. The van der Waals surface area contributed by atoms with Gasteiger partial charge in [-0.1, -0.05) is 12.2 Å². The summed E-state index contributed by atoms with van der Waals surface area (Å²) >= 11 is 0. The van der Waals surface area contributed by atoms with Crippen LogP contribution >= 0.6 is 0 Å². The molecule has 1 aromatic carbocycles. The number of hydrogen-bond acceptors (Lipinski definition) is 2. The zero-order valence-electron chi connectivity index (χ0n) is 14.2. The summed E-state index contributed by atoms with van der Waals surface area (Å²) < 4.78 is 0. The van der Waals surface area contributed by atoms with Gasteiger partial charge in [-0.05, 0) is 77.6 Å². The van der Waals surface area contributed by atoms with Crippen molar-refractivity contribution in [1.29, 1.82) is 0 Å². The predicted molar refractivity (Wildman–Crippen MR) is 91.5 cm³/mol. The number of nitrogens with one attached hydrogen (secondary N) is 2. The highest BCUT2D eigenvalue weighted by molar-refractivity contribution is 5.75. The molecule has 0 radical (unpaired) electrons. The van der Waals surface area contributed by atoms with E-state index in [1.165, 1.54) is 45.0 Å². The second-order valence-corrected chi connectivity index (χ2v) is 5.44. The SMILES string of the molecule is C/C=C(\C)Nc1c(C)c(C)c(N/C(C)=C/C)c(C)c1C. The van der Waals surface area contributed by atoms with Crippen molar-refractivity contribution in [1.82, 2.24) is 0 Å². The summed E-state index contributed by atoms with van der Waals surface area (Å²) in [7, 11) is 0. The van der Waals surface area contributed by atoms with Crippen LogP contribution in [0.1, 0.15) is 49.9 Å². The maximum absolute atomic E-state index is 3.52. The molecule has 0 heterocycles. The first-order chi connectivity index (χ1) is 9.33. The van der Waals surface area contributed by atoms with Crippen molar-refractivity contribution < 1.29 is 0 Å². The molecule has 1 aromatic rings. The van der Waals surface area contributed by atoms with E-state index in [0.29, 0.717) is 0 Å². The fourth-order valence-corrected chi connectivity index (χ4v) is 2.23. The van der Waals surface area contributed by atoms with Crippen LogP contribution in [0.15, 0.2) is 23.5 Å². The summed E-state index contributed by atoms with van der Waals surface area (Å²) in [5.41, 5.74) is 10.1. The minimum atomic E-state index is 1.18. The van der Waals surface area contributed by atoms with Gasteiger partial charge in [-0.2, -0.15) is 0 Å². The Hall–Kier alpha value is -1.70. The highest BCUT2D eigenvalue weighted by atomic mass is 14.9. The summed E-state index contributed by atoms with van der Waals surface area (Å²) in [6, 6.07) is 0. The Morgan fingerprint density at radius 2 is 0.900 bits per heavy atom. The molecule has 0 bridgehead atoms. The van der Waals surface area contributed by atoms with Crippen molar-refractivity contribution in [3.05, 3.63) is 45.8 Å². The molecule has 0 aromatic heterocycles. The molecule has 2 nitrogen and oxygen atoms in total. The highest BCUT2D eigenvalue weighted by Crippen LogP contribution is 2.35. The van der Waals surface area contributed by atoms with Gasteiger partial charge in [0.1, 0.15) is 0 Å². The van der Waals surface area contributed by atoms with Crippen molar-refractivity contribution in [3.63, 3.8) is 0 Å². The summed E-state index contributed by atoms with van der Waals surface area (Å²) in [5.74, 6) is 0. The van der Waals surface area contributed by atoms with E-state index >= 15 is 0 Å². The zero-order valence-corrected chi connectivity index (χ0v) is 14.2. The first-order valence-corrected chi connectivity index (χ1v) is 7.23. The fourth-order valence-electron chi connectivity index (χ4n) is 2.23. The summed E-state index contributed by atoms with van der Waals surface area (Å²) in [4.78, 5) is 0. The fraction of sp³-hybridized carbons (Fsp3) is 0.444. The maximum atomic E-state index is 3.52. The molecule has 0 amide bonds. The van der Waals surface area contributed by atoms with Gasteiger partial charge in [0.2, 0.25) is 0 Å². The monoisotopic (exact) mass is 272 g/mol. The number of anilines is 2. The van der Waals surface area contributed by atoms with E-state index in [2.05, 4.69) is 78.2 Å². The number of hydrogen-bond donors (Lipinski definition) is 2. The lowest BCUT2D eigenvalue weighted by atomic mass is 9.95. The topological polar surface area (TPSA) is 24.1 Å². The average molecular weight is 272 g/mol. The Balaban J connectivity index is 3.41. The number of benzene rings is 1. The normalized spacial score (nSPS) is 12.6. The lowest BCUT2D eigenvalue weighted by Gasteiger charge is -2.22. The largest absolute Gasteiger partial charge is 0.359 e. The van der Waals surface area contributed by atoms with Crippen molar-refractivity contribution in [2.45, 2.75) is 55.4 Å². The van der Waals surface area contributed by atoms with Crippen LogP contribution < -0.4 is 10.6 Å². The minimum Gasteiger partial charge on any atom is -0.359 e. The molecule has 0 saturated carbocycles. The molecule has 0 spiro atoms. The van der Waals surface area contributed by atoms with E-state index in [1.54, 1.807) is 0 Å². The van der Waals surface area contributed by atoms with Gasteiger partial charge in [0.25, 0.3) is 0 Å². The molecule has 2 N–H and O–H groups in total. The summed E-state index contributed by atoms with van der Waals surface area (Å²) in [6.45, 7) is 17.0.